The number of ether oxygens (including phenoxy) is 2. The van der Waals surface area contributed by atoms with E-state index in [4.69, 9.17) is 20.9 Å². The van der Waals surface area contributed by atoms with E-state index in [0.717, 1.165) is 40.3 Å². The van der Waals surface area contributed by atoms with E-state index in [1.165, 1.54) is 44.4 Å². The normalized spacial score (nSPS) is 14.7. The molecule has 9 nitrogen and oxygen atoms in total. The number of nitrogens with one attached hydrogen (secondary N) is 2. The minimum absolute atomic E-state index is 0.0374. The van der Waals surface area contributed by atoms with Crippen molar-refractivity contribution < 1.29 is 19.1 Å². The van der Waals surface area contributed by atoms with Crippen molar-refractivity contribution in [3.63, 3.8) is 0 Å². The molecule has 0 atom stereocenters. The molecular formula is C37H51N5O4. The summed E-state index contributed by atoms with van der Waals surface area (Å²) >= 11 is 0. The highest BCUT2D eigenvalue weighted by Gasteiger charge is 2.17. The topological polar surface area (TPSA) is 141 Å². The first-order chi connectivity index (χ1) is 22.3. The average molecular weight is 630 g/mol. The molecule has 1 fully saturated rings. The van der Waals surface area contributed by atoms with Crippen molar-refractivity contribution >= 4 is 17.5 Å². The van der Waals surface area contributed by atoms with Crippen LogP contribution in [0.5, 0.6) is 11.5 Å². The number of nitrogens with zero attached hydrogens (tertiary/aromatic N) is 1. The van der Waals surface area contributed by atoms with E-state index in [9.17, 15) is 9.59 Å². The molecule has 0 aromatic heterocycles. The number of hydrogen-bond donors (Lipinski definition) is 4. The number of allylic oxidation sites excluding steroid dienone is 5. The summed E-state index contributed by atoms with van der Waals surface area (Å²) in [6.07, 6.45) is 16.2. The van der Waals surface area contributed by atoms with E-state index in [2.05, 4.69) is 35.5 Å². The summed E-state index contributed by atoms with van der Waals surface area (Å²) in [5.41, 5.74) is 15.6. The molecule has 0 spiro atoms. The van der Waals surface area contributed by atoms with E-state index in [-0.39, 0.29) is 30.5 Å². The average Bonchev–Trinajstić information content (AvgIpc) is 3.07. The number of aliphatic imine (C=N–C) groups is 1. The lowest BCUT2D eigenvalue weighted by atomic mass is 9.85. The fourth-order valence-electron chi connectivity index (χ4n) is 5.09. The number of methoxy groups -OCH3 is 2. The molecule has 0 heterocycles. The molecule has 0 aliphatic heterocycles. The van der Waals surface area contributed by atoms with Crippen molar-refractivity contribution in [2.24, 2.45) is 22.4 Å². The lowest BCUT2D eigenvalue weighted by Gasteiger charge is -2.21. The van der Waals surface area contributed by atoms with Crippen LogP contribution in [-0.4, -0.2) is 38.8 Å². The highest BCUT2D eigenvalue weighted by molar-refractivity contribution is 5.97. The van der Waals surface area contributed by atoms with Gasteiger partial charge in [-0.25, -0.2) is 0 Å². The largest absolute Gasteiger partial charge is 0.496 e. The second-order valence-electron chi connectivity index (χ2n) is 10.9. The van der Waals surface area contributed by atoms with Crippen molar-refractivity contribution in [1.29, 1.82) is 0 Å². The van der Waals surface area contributed by atoms with E-state index >= 15 is 0 Å². The van der Waals surface area contributed by atoms with Gasteiger partial charge in [0.1, 0.15) is 17.3 Å². The fourth-order valence-corrected chi connectivity index (χ4v) is 5.09. The minimum Gasteiger partial charge on any atom is -0.496 e. The smallest absolute Gasteiger partial charge is 0.230 e. The first kappa shape index (κ1) is 37.4. The third kappa shape index (κ3) is 13.1. The van der Waals surface area contributed by atoms with Crippen LogP contribution in [0.1, 0.15) is 63.5 Å². The molecule has 0 saturated heterocycles. The molecular weight excluding hydrogens is 578 g/mol. The number of hydrogen-bond acceptors (Lipinski definition) is 7. The number of nitrogens with two attached hydrogens (primary N) is 2. The predicted octanol–water partition coefficient (Wildman–Crippen LogP) is 5.87. The Labute approximate surface area is 274 Å². The summed E-state index contributed by atoms with van der Waals surface area (Å²) in [6, 6.07) is 15.0. The maximum Gasteiger partial charge on any atom is 0.230 e. The summed E-state index contributed by atoms with van der Waals surface area (Å²) < 4.78 is 10.5. The Morgan fingerprint density at radius 2 is 1.43 bits per heavy atom. The molecule has 6 N–H and O–H groups in total. The number of amides is 2. The first-order valence-electron chi connectivity index (χ1n) is 15.8. The van der Waals surface area contributed by atoms with Gasteiger partial charge in [-0.05, 0) is 74.4 Å². The van der Waals surface area contributed by atoms with Crippen LogP contribution < -0.4 is 31.6 Å². The Kier molecular flexibility index (Phi) is 17.1. The van der Waals surface area contributed by atoms with Crippen LogP contribution >= 0.6 is 0 Å². The molecule has 0 unspecified atom stereocenters. The van der Waals surface area contributed by atoms with E-state index in [1.54, 1.807) is 26.4 Å². The van der Waals surface area contributed by atoms with Crippen LogP contribution in [0, 0.1) is 5.92 Å². The van der Waals surface area contributed by atoms with Crippen molar-refractivity contribution in [3.05, 3.63) is 107 Å². The van der Waals surface area contributed by atoms with Gasteiger partial charge in [0.05, 0.1) is 27.1 Å². The Balaban J connectivity index is 0.000000353. The molecule has 1 saturated carbocycles. The quantitative estimate of drug-likeness (QED) is 0.161. The van der Waals surface area contributed by atoms with Gasteiger partial charge in [0.15, 0.2) is 0 Å². The standard InChI is InChI=1S/C24H34N2O2.C13H17N3O2/c1-5-18(2)21(15-16-22(25-3)19-11-7-6-8-12-19)26-24(27)17-20-13-9-10-14-23(20)28-4;1-18-11-6-3-2-5-10(11)9-13(17)16-12(15)7-4-8-14/h9-10,13-16,19H,5-8,11-12,17H2,1-4H3,(H,26,27);2-8H,9,14-15H2,1H3,(H,16,17)/b16-15-,21-18-,25-22?;8-4-,12-7+. The summed E-state index contributed by atoms with van der Waals surface area (Å²) in [7, 11) is 5.06. The highest BCUT2D eigenvalue weighted by atomic mass is 16.5. The van der Waals surface area contributed by atoms with Crippen molar-refractivity contribution in [3.8, 4) is 11.5 Å². The summed E-state index contributed by atoms with van der Waals surface area (Å²) in [4.78, 5) is 28.9. The van der Waals surface area contributed by atoms with Crippen molar-refractivity contribution in [2.45, 2.75) is 65.2 Å². The highest BCUT2D eigenvalue weighted by Crippen LogP contribution is 2.26. The number of carbonyl (C=O) groups excluding carboxylic acids is 2. The van der Waals surface area contributed by atoms with Crippen LogP contribution in [-0.2, 0) is 22.4 Å². The Bertz CT molecular complexity index is 1420. The van der Waals surface area contributed by atoms with E-state index < -0.39 is 0 Å². The molecule has 2 amide bonds. The number of para-hydroxylation sites is 2. The molecule has 2 aromatic carbocycles. The molecule has 0 radical (unpaired) electrons. The van der Waals surface area contributed by atoms with Gasteiger partial charge < -0.3 is 31.6 Å². The SMILES string of the molecule is CC/C(C)=C(/C=C\C(=NC)C1CCCCC1)NC(=O)Cc1ccccc1OC.COc1ccccc1CC(=O)N/C(N)=C/C=C\N. The van der Waals surface area contributed by atoms with Gasteiger partial charge in [0.2, 0.25) is 11.8 Å². The molecule has 9 heteroatoms. The maximum absolute atomic E-state index is 12.7. The van der Waals surface area contributed by atoms with Crippen LogP contribution in [0.2, 0.25) is 0 Å². The monoisotopic (exact) mass is 629 g/mol. The molecule has 0 bridgehead atoms. The van der Waals surface area contributed by atoms with Crippen LogP contribution in [0.15, 0.2) is 101 Å². The summed E-state index contributed by atoms with van der Waals surface area (Å²) in [5, 5.41) is 5.65. The van der Waals surface area contributed by atoms with Crippen LogP contribution in [0.25, 0.3) is 0 Å². The van der Waals surface area contributed by atoms with Gasteiger partial charge in [-0.1, -0.05) is 62.6 Å². The van der Waals surface area contributed by atoms with E-state index in [0.29, 0.717) is 11.7 Å². The molecule has 2 aromatic rings. The zero-order chi connectivity index (χ0) is 33.7. The first-order valence-corrected chi connectivity index (χ1v) is 15.8. The molecule has 46 heavy (non-hydrogen) atoms. The van der Waals surface area contributed by atoms with Crippen LogP contribution in [0.4, 0.5) is 0 Å². The van der Waals surface area contributed by atoms with Gasteiger partial charge in [-0.2, -0.15) is 0 Å². The summed E-state index contributed by atoms with van der Waals surface area (Å²) in [6.45, 7) is 4.16. The van der Waals surface area contributed by atoms with Gasteiger partial charge in [0, 0.05) is 35.5 Å². The molecule has 3 rings (SSSR count). The third-order valence-electron chi connectivity index (χ3n) is 7.72. The van der Waals surface area contributed by atoms with Gasteiger partial charge in [-0.3, -0.25) is 14.6 Å². The molecule has 1 aliphatic rings. The second-order valence-corrected chi connectivity index (χ2v) is 10.9. The number of rotatable bonds is 13. The number of carbonyl (C=O) groups is 2. The zero-order valence-corrected chi connectivity index (χ0v) is 28.0. The zero-order valence-electron chi connectivity index (χ0n) is 28.0. The third-order valence-corrected chi connectivity index (χ3v) is 7.72. The minimum atomic E-state index is -0.210. The summed E-state index contributed by atoms with van der Waals surface area (Å²) in [5.74, 6) is 1.96. The predicted molar refractivity (Wildman–Crippen MR) is 187 cm³/mol. The van der Waals surface area contributed by atoms with Gasteiger partial charge in [-0.15, -0.1) is 0 Å². The van der Waals surface area contributed by atoms with Gasteiger partial charge >= 0.3 is 0 Å². The van der Waals surface area contributed by atoms with E-state index in [1.807, 2.05) is 55.6 Å². The Morgan fingerprint density at radius 3 is 1.93 bits per heavy atom. The Hall–Kier alpha value is -4.79. The Morgan fingerprint density at radius 1 is 0.891 bits per heavy atom. The lowest BCUT2D eigenvalue weighted by Crippen LogP contribution is -2.28. The second kappa shape index (κ2) is 21.0. The van der Waals surface area contributed by atoms with Crippen molar-refractivity contribution in [2.75, 3.05) is 21.3 Å². The van der Waals surface area contributed by atoms with Gasteiger partial charge in [0.25, 0.3) is 0 Å². The molecule has 1 aliphatic carbocycles. The van der Waals surface area contributed by atoms with Crippen molar-refractivity contribution in [1.82, 2.24) is 10.6 Å². The maximum atomic E-state index is 12.7. The number of benzene rings is 2. The molecule has 248 valence electrons. The van der Waals surface area contributed by atoms with Crippen LogP contribution in [0.3, 0.4) is 0 Å². The lowest BCUT2D eigenvalue weighted by molar-refractivity contribution is -0.120. The fraction of sp³-hybridized carbons (Fsp3) is 0.378.